The molecule has 0 fully saturated rings. The summed E-state index contributed by atoms with van der Waals surface area (Å²) in [6, 6.07) is 3.91. The van der Waals surface area contributed by atoms with Crippen molar-refractivity contribution in [2.75, 3.05) is 0 Å². The second-order valence-electron chi connectivity index (χ2n) is 3.47. The van der Waals surface area contributed by atoms with Crippen molar-refractivity contribution in [1.29, 1.82) is 0 Å². The first-order valence-corrected chi connectivity index (χ1v) is 4.73. The number of aromatic nitrogens is 4. The van der Waals surface area contributed by atoms with Crippen molar-refractivity contribution in [2.45, 2.75) is 0 Å². The molecule has 0 aliphatic rings. The Morgan fingerprint density at radius 1 is 1.28 bits per heavy atom. The van der Waals surface area contributed by atoms with E-state index in [1.54, 1.807) is 0 Å². The fourth-order valence-corrected chi connectivity index (χ4v) is 1.69. The van der Waals surface area contributed by atoms with Gasteiger partial charge in [-0.2, -0.15) is 0 Å². The highest BCUT2D eigenvalue weighted by Crippen LogP contribution is 2.20. The number of hydrogen-bond acceptors (Lipinski definition) is 5. The molecule has 10 heteroatoms. The minimum atomic E-state index is -0.632. The van der Waals surface area contributed by atoms with Crippen LogP contribution in [0.1, 0.15) is 0 Å². The number of nitro groups is 2. The van der Waals surface area contributed by atoms with E-state index in [-0.39, 0.29) is 17.0 Å². The van der Waals surface area contributed by atoms with Gasteiger partial charge < -0.3 is 10.1 Å². The minimum Gasteiger partial charge on any atom is -0.358 e. The van der Waals surface area contributed by atoms with E-state index in [2.05, 4.69) is 10.2 Å². The summed E-state index contributed by atoms with van der Waals surface area (Å²) in [5, 5.41) is 29.2. The van der Waals surface area contributed by atoms with Crippen LogP contribution in [0, 0.1) is 20.2 Å². The maximum atomic E-state index is 10.8. The van der Waals surface area contributed by atoms with Crippen LogP contribution in [0.25, 0.3) is 11.0 Å². The lowest BCUT2D eigenvalue weighted by atomic mass is 10.3. The van der Waals surface area contributed by atoms with Crippen LogP contribution in [0.3, 0.4) is 0 Å². The highest BCUT2D eigenvalue weighted by molar-refractivity contribution is 5.77. The summed E-state index contributed by atoms with van der Waals surface area (Å²) in [7, 11) is 0. The van der Waals surface area contributed by atoms with E-state index in [0.717, 1.165) is 15.5 Å². The Morgan fingerprint density at radius 3 is 2.72 bits per heavy atom. The maximum absolute atomic E-state index is 10.8. The van der Waals surface area contributed by atoms with Gasteiger partial charge >= 0.3 is 5.82 Å². The third-order valence-corrected chi connectivity index (χ3v) is 2.45. The standard InChI is InChI=1S/C8H4N6O4/c15-12(16)5-1-2-6-7(3-5)11-8(13(17)18)4-9-14(11)10-6/h1-4H. The molecule has 10 nitrogen and oxygen atoms in total. The van der Waals surface area contributed by atoms with Crippen LogP contribution in [0.15, 0.2) is 24.4 Å². The van der Waals surface area contributed by atoms with Crippen molar-refractivity contribution in [3.63, 3.8) is 0 Å². The molecule has 2 heterocycles. The predicted molar refractivity (Wildman–Crippen MR) is 55.0 cm³/mol. The first-order chi connectivity index (χ1) is 8.58. The monoisotopic (exact) mass is 248 g/mol. The SMILES string of the molecule is O=[N+]([O-])c1ccc2n[n+]3[n-]cc([N+](=O)[O-])n3c2c1. The molecule has 0 amide bonds. The molecule has 0 spiro atoms. The summed E-state index contributed by atoms with van der Waals surface area (Å²) in [5.74, 6) is -0.307. The van der Waals surface area contributed by atoms with E-state index >= 15 is 0 Å². The lowest BCUT2D eigenvalue weighted by Gasteiger charge is -1.89. The molecule has 0 saturated heterocycles. The molecule has 0 aliphatic heterocycles. The second kappa shape index (κ2) is 3.23. The third-order valence-electron chi connectivity index (χ3n) is 2.45. The number of fused-ring (bicyclic) bond motifs is 3. The first kappa shape index (κ1) is 10.1. The minimum absolute atomic E-state index is 0.166. The van der Waals surface area contributed by atoms with Crippen LogP contribution in [-0.4, -0.2) is 19.5 Å². The van der Waals surface area contributed by atoms with Crippen molar-refractivity contribution >= 4 is 22.5 Å². The highest BCUT2D eigenvalue weighted by Gasteiger charge is 2.25. The van der Waals surface area contributed by atoms with Crippen LogP contribution in [0.2, 0.25) is 0 Å². The van der Waals surface area contributed by atoms with E-state index < -0.39 is 9.85 Å². The third kappa shape index (κ3) is 1.22. The first-order valence-electron chi connectivity index (χ1n) is 4.73. The Labute approximate surface area is 97.3 Å². The van der Waals surface area contributed by atoms with Gasteiger partial charge in [0.1, 0.15) is 16.5 Å². The average Bonchev–Trinajstić information content (AvgIpc) is 2.85. The van der Waals surface area contributed by atoms with Crippen molar-refractivity contribution in [3.8, 4) is 0 Å². The fourth-order valence-electron chi connectivity index (χ4n) is 1.69. The fraction of sp³-hybridized carbons (Fsp3) is 0. The van der Waals surface area contributed by atoms with E-state index in [9.17, 15) is 20.2 Å². The molecule has 0 unspecified atom stereocenters. The number of non-ortho nitro benzene ring substituents is 1. The highest BCUT2D eigenvalue weighted by atomic mass is 16.6. The summed E-state index contributed by atoms with van der Waals surface area (Å²) in [6.07, 6.45) is 1.03. The Bertz CT molecular complexity index is 802. The quantitative estimate of drug-likeness (QED) is 0.353. The van der Waals surface area contributed by atoms with Gasteiger partial charge in [0.25, 0.3) is 5.69 Å². The molecule has 0 aliphatic carbocycles. The number of nitro benzene ring substituents is 1. The van der Waals surface area contributed by atoms with Crippen LogP contribution in [-0.2, 0) is 0 Å². The molecule has 0 saturated carbocycles. The Balaban J connectivity index is 2.44. The predicted octanol–water partition coefficient (Wildman–Crippen LogP) is -0.153. The van der Waals surface area contributed by atoms with E-state index in [1.807, 2.05) is 0 Å². The van der Waals surface area contributed by atoms with Crippen LogP contribution in [0.5, 0.6) is 0 Å². The number of nitrogens with zero attached hydrogens (tertiary/aromatic N) is 6. The molecule has 0 N–H and O–H groups in total. The van der Waals surface area contributed by atoms with Crippen molar-refractivity contribution in [2.24, 2.45) is 0 Å². The maximum Gasteiger partial charge on any atom is 0.395 e. The Hall–Kier alpha value is -3.04. The molecule has 3 aromatic rings. The van der Waals surface area contributed by atoms with Gasteiger partial charge in [-0.05, 0) is 11.0 Å². The van der Waals surface area contributed by atoms with Gasteiger partial charge in [-0.3, -0.25) is 10.1 Å². The zero-order chi connectivity index (χ0) is 12.9. The van der Waals surface area contributed by atoms with Crippen molar-refractivity contribution in [3.05, 3.63) is 44.6 Å². The smallest absolute Gasteiger partial charge is 0.358 e. The van der Waals surface area contributed by atoms with E-state index in [1.165, 1.54) is 18.2 Å². The molecule has 0 bridgehead atoms. The summed E-state index contributed by atoms with van der Waals surface area (Å²) in [5.41, 5.74) is 0.477. The van der Waals surface area contributed by atoms with Gasteiger partial charge in [0.05, 0.1) is 15.5 Å². The molecule has 0 atom stereocenters. The lowest BCUT2D eigenvalue weighted by molar-refractivity contribution is -0.732. The van der Waals surface area contributed by atoms with Gasteiger partial charge in [0.15, 0.2) is 0 Å². The molecule has 3 rings (SSSR count). The largest absolute Gasteiger partial charge is 0.395 e. The zero-order valence-electron chi connectivity index (χ0n) is 8.63. The summed E-state index contributed by atoms with van der Waals surface area (Å²) < 4.78 is 2.12. The number of hydrogen-bond donors (Lipinski definition) is 0. The summed E-state index contributed by atoms with van der Waals surface area (Å²) in [6.45, 7) is 0. The average molecular weight is 248 g/mol. The second-order valence-corrected chi connectivity index (χ2v) is 3.47. The normalized spacial score (nSPS) is 11.1. The molecular formula is C8H4N6O4. The Kier molecular flexibility index (Phi) is 1.82. The number of benzene rings is 1. The van der Waals surface area contributed by atoms with Crippen molar-refractivity contribution < 1.29 is 14.6 Å². The molecule has 18 heavy (non-hydrogen) atoms. The van der Waals surface area contributed by atoms with Crippen LogP contribution in [0.4, 0.5) is 11.5 Å². The van der Waals surface area contributed by atoms with Gasteiger partial charge in [-0.15, -0.1) is 0 Å². The van der Waals surface area contributed by atoms with Crippen LogP contribution < -0.4 is 9.84 Å². The van der Waals surface area contributed by atoms with Crippen LogP contribution >= 0.6 is 0 Å². The lowest BCUT2D eigenvalue weighted by Crippen LogP contribution is -2.33. The molecule has 0 radical (unpaired) electrons. The summed E-state index contributed by atoms with van der Waals surface area (Å²) >= 11 is 0. The van der Waals surface area contributed by atoms with Gasteiger partial charge in [0, 0.05) is 6.07 Å². The molecular weight excluding hydrogens is 244 g/mol. The molecule has 90 valence electrons. The van der Waals surface area contributed by atoms with Crippen molar-refractivity contribution in [1.82, 2.24) is 14.7 Å². The van der Waals surface area contributed by atoms with Gasteiger partial charge in [-0.25, -0.2) is 0 Å². The Morgan fingerprint density at radius 2 is 2.06 bits per heavy atom. The summed E-state index contributed by atoms with van der Waals surface area (Å²) in [4.78, 5) is 20.3. The molecule has 2 aromatic heterocycles. The van der Waals surface area contributed by atoms with E-state index in [0.29, 0.717) is 5.52 Å². The van der Waals surface area contributed by atoms with Gasteiger partial charge in [0.2, 0.25) is 5.52 Å². The molecule has 1 aromatic carbocycles. The number of rotatable bonds is 2. The topological polar surface area (TPSA) is 122 Å². The van der Waals surface area contributed by atoms with E-state index in [4.69, 9.17) is 0 Å². The van der Waals surface area contributed by atoms with Gasteiger partial charge in [-0.1, -0.05) is 10.2 Å². The zero-order valence-corrected chi connectivity index (χ0v) is 8.63.